The number of halogens is 2. The number of nitrogens with one attached hydrogen (secondary N) is 1. The van der Waals surface area contributed by atoms with Gasteiger partial charge < -0.3 is 9.73 Å². The van der Waals surface area contributed by atoms with Crippen LogP contribution in [0.3, 0.4) is 0 Å². The lowest BCUT2D eigenvalue weighted by Crippen LogP contribution is -2.31. The summed E-state index contributed by atoms with van der Waals surface area (Å²) < 4.78 is 5.62. The smallest absolute Gasteiger partial charge is 0.266 e. The Labute approximate surface area is 169 Å². The second-order valence-electron chi connectivity index (χ2n) is 5.27. The van der Waals surface area contributed by atoms with Gasteiger partial charge in [-0.1, -0.05) is 47.2 Å². The Morgan fingerprint density at radius 1 is 1.35 bits per heavy atom. The van der Waals surface area contributed by atoms with Crippen LogP contribution in [0, 0.1) is 0 Å². The van der Waals surface area contributed by atoms with E-state index in [1.807, 2.05) is 0 Å². The molecule has 1 saturated heterocycles. The SMILES string of the molecule is O=C(CCN1C(=O)C(=Cc2ccco2)SC1=S)Nc1ccc(Cl)cc1Cl. The van der Waals surface area contributed by atoms with Crippen LogP contribution in [0.4, 0.5) is 5.69 Å². The molecule has 1 N–H and O–H groups in total. The van der Waals surface area contributed by atoms with Crippen molar-refractivity contribution in [1.29, 1.82) is 0 Å². The zero-order valence-electron chi connectivity index (χ0n) is 13.2. The van der Waals surface area contributed by atoms with E-state index in [-0.39, 0.29) is 24.8 Å². The van der Waals surface area contributed by atoms with Gasteiger partial charge in [-0.15, -0.1) is 0 Å². The van der Waals surface area contributed by atoms with Gasteiger partial charge in [-0.3, -0.25) is 14.5 Å². The third kappa shape index (κ3) is 4.48. The molecule has 1 aliphatic rings. The lowest BCUT2D eigenvalue weighted by atomic mass is 10.3. The van der Waals surface area contributed by atoms with E-state index >= 15 is 0 Å². The highest BCUT2D eigenvalue weighted by atomic mass is 35.5. The molecule has 0 radical (unpaired) electrons. The summed E-state index contributed by atoms with van der Waals surface area (Å²) >= 11 is 18.3. The molecule has 0 aliphatic carbocycles. The van der Waals surface area contributed by atoms with Gasteiger partial charge in [0.1, 0.15) is 10.1 Å². The summed E-state index contributed by atoms with van der Waals surface area (Å²) in [6, 6.07) is 8.27. The number of rotatable bonds is 5. The first kappa shape index (κ1) is 19.0. The monoisotopic (exact) mass is 426 g/mol. The van der Waals surface area contributed by atoms with E-state index < -0.39 is 0 Å². The predicted molar refractivity (Wildman–Crippen MR) is 108 cm³/mol. The number of carbonyl (C=O) groups is 2. The molecule has 1 aromatic heterocycles. The third-order valence-electron chi connectivity index (χ3n) is 3.46. The molecule has 2 amide bonds. The number of anilines is 1. The van der Waals surface area contributed by atoms with Crippen LogP contribution in [0.25, 0.3) is 6.08 Å². The van der Waals surface area contributed by atoms with Crippen molar-refractivity contribution in [3.63, 3.8) is 0 Å². The Kier molecular flexibility index (Phi) is 6.03. The van der Waals surface area contributed by atoms with Crippen molar-refractivity contribution < 1.29 is 14.0 Å². The van der Waals surface area contributed by atoms with Crippen molar-refractivity contribution in [2.75, 3.05) is 11.9 Å². The van der Waals surface area contributed by atoms with Gasteiger partial charge in [0, 0.05) is 24.1 Å². The fourth-order valence-corrected chi connectivity index (χ4v) is 3.96. The van der Waals surface area contributed by atoms with Crippen LogP contribution < -0.4 is 5.32 Å². The van der Waals surface area contributed by atoms with Gasteiger partial charge >= 0.3 is 0 Å². The maximum atomic E-state index is 12.4. The molecule has 1 fully saturated rings. The van der Waals surface area contributed by atoms with Gasteiger partial charge in [0.15, 0.2) is 0 Å². The quantitative estimate of drug-likeness (QED) is 0.548. The molecule has 2 heterocycles. The zero-order chi connectivity index (χ0) is 18.7. The summed E-state index contributed by atoms with van der Waals surface area (Å²) in [7, 11) is 0. The number of thioether (sulfide) groups is 1. The van der Waals surface area contributed by atoms with E-state index in [9.17, 15) is 9.59 Å². The molecule has 1 aliphatic heterocycles. The maximum absolute atomic E-state index is 12.4. The average molecular weight is 427 g/mol. The van der Waals surface area contributed by atoms with Crippen molar-refractivity contribution in [1.82, 2.24) is 4.90 Å². The van der Waals surface area contributed by atoms with Crippen LogP contribution in [-0.2, 0) is 9.59 Å². The van der Waals surface area contributed by atoms with Gasteiger partial charge in [-0.2, -0.15) is 0 Å². The molecule has 0 unspecified atom stereocenters. The molecule has 134 valence electrons. The fraction of sp³-hybridized carbons (Fsp3) is 0.118. The lowest BCUT2D eigenvalue weighted by Gasteiger charge is -2.14. The summed E-state index contributed by atoms with van der Waals surface area (Å²) in [5, 5.41) is 3.52. The topological polar surface area (TPSA) is 62.6 Å². The van der Waals surface area contributed by atoms with Crippen molar-refractivity contribution in [3.8, 4) is 0 Å². The number of thiocarbonyl (C=S) groups is 1. The first-order valence-corrected chi connectivity index (χ1v) is 9.46. The van der Waals surface area contributed by atoms with Crippen LogP contribution >= 0.6 is 47.2 Å². The molecular weight excluding hydrogens is 415 g/mol. The summed E-state index contributed by atoms with van der Waals surface area (Å²) in [5.74, 6) is 0.0487. The average Bonchev–Trinajstić information content (AvgIpc) is 3.18. The van der Waals surface area contributed by atoms with Gasteiger partial charge in [0.05, 0.1) is 21.9 Å². The van der Waals surface area contributed by atoms with Crippen molar-refractivity contribution in [3.05, 3.63) is 57.3 Å². The molecule has 9 heteroatoms. The number of carbonyl (C=O) groups excluding carboxylic acids is 2. The van der Waals surface area contributed by atoms with E-state index in [1.165, 1.54) is 22.9 Å². The van der Waals surface area contributed by atoms with Crippen molar-refractivity contribution in [2.45, 2.75) is 6.42 Å². The van der Waals surface area contributed by atoms with Gasteiger partial charge in [0.25, 0.3) is 5.91 Å². The highest BCUT2D eigenvalue weighted by Gasteiger charge is 2.32. The van der Waals surface area contributed by atoms with Crippen LogP contribution in [0.1, 0.15) is 12.2 Å². The zero-order valence-corrected chi connectivity index (χ0v) is 16.3. The minimum Gasteiger partial charge on any atom is -0.465 e. The number of nitrogens with zero attached hydrogens (tertiary/aromatic N) is 1. The molecule has 0 saturated carbocycles. The highest BCUT2D eigenvalue weighted by Crippen LogP contribution is 2.32. The molecule has 0 atom stereocenters. The van der Waals surface area contributed by atoms with Gasteiger partial charge in [0.2, 0.25) is 5.91 Å². The van der Waals surface area contributed by atoms with Crippen LogP contribution in [0.5, 0.6) is 0 Å². The third-order valence-corrected chi connectivity index (χ3v) is 5.38. The van der Waals surface area contributed by atoms with E-state index in [0.717, 1.165) is 0 Å². The number of amides is 2. The Morgan fingerprint density at radius 3 is 2.85 bits per heavy atom. The summed E-state index contributed by atoms with van der Waals surface area (Å²) in [6.07, 6.45) is 3.24. The highest BCUT2D eigenvalue weighted by molar-refractivity contribution is 8.26. The summed E-state index contributed by atoms with van der Waals surface area (Å²) in [4.78, 5) is 26.4. The van der Waals surface area contributed by atoms with Crippen LogP contribution in [0.15, 0.2) is 45.9 Å². The maximum Gasteiger partial charge on any atom is 0.266 e. The minimum absolute atomic E-state index is 0.0828. The number of hydrogen-bond donors (Lipinski definition) is 1. The minimum atomic E-state index is -0.279. The second kappa shape index (κ2) is 8.26. The van der Waals surface area contributed by atoms with Crippen LogP contribution in [0.2, 0.25) is 10.0 Å². The van der Waals surface area contributed by atoms with Gasteiger partial charge in [-0.05, 0) is 30.3 Å². The van der Waals surface area contributed by atoms with Gasteiger partial charge in [-0.25, -0.2) is 0 Å². The molecule has 2 aromatic rings. The molecule has 0 spiro atoms. The van der Waals surface area contributed by atoms with E-state index in [2.05, 4.69) is 5.32 Å². The molecular formula is C17H12Cl2N2O3S2. The summed E-state index contributed by atoms with van der Waals surface area (Å²) in [6.45, 7) is 0.178. The number of furan rings is 1. The van der Waals surface area contributed by atoms with E-state index in [0.29, 0.717) is 30.7 Å². The first-order valence-electron chi connectivity index (χ1n) is 7.48. The second-order valence-corrected chi connectivity index (χ2v) is 7.79. The predicted octanol–water partition coefficient (Wildman–Crippen LogP) is 4.82. The molecule has 0 bridgehead atoms. The van der Waals surface area contributed by atoms with Crippen molar-refractivity contribution >= 4 is 75.1 Å². The number of hydrogen-bond acceptors (Lipinski definition) is 5. The first-order chi connectivity index (χ1) is 12.4. The molecule has 5 nitrogen and oxygen atoms in total. The molecule has 3 rings (SSSR count). The largest absolute Gasteiger partial charge is 0.465 e. The standard InChI is InChI=1S/C17H12Cl2N2O3S2/c18-10-3-4-13(12(19)8-10)20-15(22)5-6-21-16(23)14(26-17(21)25)9-11-2-1-7-24-11/h1-4,7-9H,5-6H2,(H,20,22). The Morgan fingerprint density at radius 2 is 2.15 bits per heavy atom. The van der Waals surface area contributed by atoms with E-state index in [1.54, 1.807) is 36.4 Å². The lowest BCUT2D eigenvalue weighted by molar-refractivity contribution is -0.122. The normalized spacial score (nSPS) is 15.8. The fourth-order valence-electron chi connectivity index (χ4n) is 2.21. The molecule has 1 aromatic carbocycles. The summed E-state index contributed by atoms with van der Waals surface area (Å²) in [5.41, 5.74) is 0.462. The van der Waals surface area contributed by atoms with Crippen molar-refractivity contribution in [2.24, 2.45) is 0 Å². The van der Waals surface area contributed by atoms with E-state index in [4.69, 9.17) is 39.8 Å². The molecule has 26 heavy (non-hydrogen) atoms. The Bertz CT molecular complexity index is 897. The Balaban J connectivity index is 1.59. The number of benzene rings is 1. The Hall–Kier alpha value is -1.80. The van der Waals surface area contributed by atoms with Crippen LogP contribution in [-0.4, -0.2) is 27.6 Å².